The molecular weight excluding hydrogens is 276 g/mol. The monoisotopic (exact) mass is 296 g/mol. The third kappa shape index (κ3) is 2.90. The minimum Gasteiger partial charge on any atom is -0.355 e. The fourth-order valence-corrected chi connectivity index (χ4v) is 3.27. The summed E-state index contributed by atoms with van der Waals surface area (Å²) in [5.41, 5.74) is 0.601. The largest absolute Gasteiger partial charge is 0.355 e. The maximum absolute atomic E-state index is 12.7. The molecule has 1 aliphatic rings. The van der Waals surface area contributed by atoms with E-state index in [1.165, 1.54) is 0 Å². The Morgan fingerprint density at radius 3 is 2.45 bits per heavy atom. The second-order valence-electron chi connectivity index (χ2n) is 5.65. The fraction of sp³-hybridized carbons (Fsp3) is 0.562. The maximum atomic E-state index is 12.7. The van der Waals surface area contributed by atoms with E-state index in [1.807, 2.05) is 31.2 Å². The Balaban J connectivity index is 2.09. The Kier molecular flexibility index (Phi) is 4.84. The Morgan fingerprint density at radius 1 is 1.30 bits per heavy atom. The number of carbonyl (C=O) groups excluding carboxylic acids is 1. The van der Waals surface area contributed by atoms with Crippen molar-refractivity contribution in [2.75, 3.05) is 14.2 Å². The molecule has 0 saturated heterocycles. The molecule has 3 nitrogen and oxygen atoms in total. The molecule has 0 aromatic heterocycles. The van der Waals surface area contributed by atoms with Crippen LogP contribution in [0, 0.1) is 11.3 Å². The molecule has 0 spiro atoms. The summed E-state index contributed by atoms with van der Waals surface area (Å²) in [4.78, 5) is 12.7. The van der Waals surface area contributed by atoms with Crippen LogP contribution in [0.15, 0.2) is 24.3 Å². The van der Waals surface area contributed by atoms with E-state index in [0.717, 1.165) is 29.8 Å². The quantitative estimate of drug-likeness (QED) is 0.780. The Morgan fingerprint density at radius 2 is 1.90 bits per heavy atom. The SMILES string of the molecule is COC(OC)C1(C)CCC(Cc2ccc(Cl)cc2)C1=O. The van der Waals surface area contributed by atoms with Crippen LogP contribution in [0.2, 0.25) is 5.02 Å². The highest BCUT2D eigenvalue weighted by atomic mass is 35.5. The molecule has 1 aromatic rings. The van der Waals surface area contributed by atoms with Crippen molar-refractivity contribution in [2.24, 2.45) is 11.3 Å². The number of ketones is 1. The first kappa shape index (κ1) is 15.5. The van der Waals surface area contributed by atoms with Crippen LogP contribution >= 0.6 is 11.6 Å². The van der Waals surface area contributed by atoms with Gasteiger partial charge in [0.25, 0.3) is 0 Å². The lowest BCUT2D eigenvalue weighted by Gasteiger charge is -2.30. The molecule has 0 heterocycles. The van der Waals surface area contributed by atoms with E-state index in [-0.39, 0.29) is 11.7 Å². The summed E-state index contributed by atoms with van der Waals surface area (Å²) in [5.74, 6) is 0.273. The van der Waals surface area contributed by atoms with Gasteiger partial charge in [-0.25, -0.2) is 0 Å². The smallest absolute Gasteiger partial charge is 0.168 e. The van der Waals surface area contributed by atoms with Gasteiger partial charge < -0.3 is 9.47 Å². The summed E-state index contributed by atoms with van der Waals surface area (Å²) in [6, 6.07) is 7.69. The molecule has 1 fully saturated rings. The van der Waals surface area contributed by atoms with Gasteiger partial charge in [0.15, 0.2) is 6.29 Å². The van der Waals surface area contributed by atoms with Gasteiger partial charge in [-0.3, -0.25) is 4.79 Å². The lowest BCUT2D eigenvalue weighted by Crippen LogP contribution is -2.40. The predicted octanol–water partition coefficient (Wildman–Crippen LogP) is 3.49. The van der Waals surface area contributed by atoms with E-state index in [1.54, 1.807) is 14.2 Å². The molecule has 0 N–H and O–H groups in total. The Hall–Kier alpha value is -0.900. The lowest BCUT2D eigenvalue weighted by molar-refractivity contribution is -0.179. The van der Waals surface area contributed by atoms with E-state index in [2.05, 4.69) is 0 Å². The molecule has 20 heavy (non-hydrogen) atoms. The Labute approximate surface area is 125 Å². The molecule has 1 aliphatic carbocycles. The van der Waals surface area contributed by atoms with Crippen molar-refractivity contribution in [3.63, 3.8) is 0 Å². The van der Waals surface area contributed by atoms with Gasteiger partial charge in [0.2, 0.25) is 0 Å². The zero-order chi connectivity index (χ0) is 14.8. The van der Waals surface area contributed by atoms with Gasteiger partial charge in [0.05, 0.1) is 5.41 Å². The first-order valence-electron chi connectivity index (χ1n) is 6.85. The molecule has 1 aromatic carbocycles. The number of methoxy groups -OCH3 is 2. The molecule has 0 radical (unpaired) electrons. The van der Waals surface area contributed by atoms with Gasteiger partial charge in [-0.05, 0) is 43.9 Å². The number of carbonyl (C=O) groups is 1. The third-order valence-electron chi connectivity index (χ3n) is 4.29. The van der Waals surface area contributed by atoms with Crippen molar-refractivity contribution in [2.45, 2.75) is 32.5 Å². The standard InChI is InChI=1S/C16H21ClO3/c1-16(15(19-2)20-3)9-8-12(14(16)18)10-11-4-6-13(17)7-5-11/h4-7,12,15H,8-10H2,1-3H3. The predicted molar refractivity (Wildman–Crippen MR) is 78.8 cm³/mol. The van der Waals surface area contributed by atoms with Crippen LogP contribution in [0.25, 0.3) is 0 Å². The molecule has 1 saturated carbocycles. The van der Waals surface area contributed by atoms with Crippen molar-refractivity contribution in [3.8, 4) is 0 Å². The summed E-state index contributed by atoms with van der Waals surface area (Å²) < 4.78 is 10.6. The molecule has 0 aliphatic heterocycles. The minimum atomic E-state index is -0.541. The molecular formula is C16H21ClO3. The number of halogens is 1. The van der Waals surface area contributed by atoms with Gasteiger partial charge in [-0.1, -0.05) is 23.7 Å². The molecule has 2 unspecified atom stereocenters. The Bertz CT molecular complexity index is 467. The van der Waals surface area contributed by atoms with Crippen molar-refractivity contribution in [3.05, 3.63) is 34.9 Å². The van der Waals surface area contributed by atoms with Crippen molar-refractivity contribution >= 4 is 17.4 Å². The van der Waals surface area contributed by atoms with Crippen molar-refractivity contribution < 1.29 is 14.3 Å². The van der Waals surface area contributed by atoms with E-state index in [0.29, 0.717) is 0 Å². The molecule has 110 valence electrons. The van der Waals surface area contributed by atoms with Crippen LogP contribution < -0.4 is 0 Å². The van der Waals surface area contributed by atoms with E-state index >= 15 is 0 Å². The minimum absolute atomic E-state index is 0.0361. The number of hydrogen-bond donors (Lipinski definition) is 0. The lowest BCUT2D eigenvalue weighted by atomic mass is 9.84. The van der Waals surface area contributed by atoms with Crippen LogP contribution in [0.1, 0.15) is 25.3 Å². The van der Waals surface area contributed by atoms with Gasteiger partial charge in [-0.15, -0.1) is 0 Å². The average molecular weight is 297 g/mol. The molecule has 0 bridgehead atoms. The zero-order valence-electron chi connectivity index (χ0n) is 12.2. The van der Waals surface area contributed by atoms with Gasteiger partial charge in [0, 0.05) is 25.2 Å². The molecule has 0 amide bonds. The van der Waals surface area contributed by atoms with Crippen LogP contribution in [-0.4, -0.2) is 26.3 Å². The molecule has 2 rings (SSSR count). The highest BCUT2D eigenvalue weighted by Gasteiger charge is 2.49. The number of Topliss-reactive ketones (excluding diaryl/α,β-unsaturated/α-hetero) is 1. The van der Waals surface area contributed by atoms with Gasteiger partial charge in [0.1, 0.15) is 5.78 Å². The normalized spacial score (nSPS) is 26.4. The van der Waals surface area contributed by atoms with E-state index in [9.17, 15) is 4.79 Å². The topological polar surface area (TPSA) is 35.5 Å². The molecule has 2 atom stereocenters. The van der Waals surface area contributed by atoms with Crippen LogP contribution in [0.5, 0.6) is 0 Å². The summed E-state index contributed by atoms with van der Waals surface area (Å²) in [5, 5.41) is 0.718. The number of rotatable bonds is 5. The maximum Gasteiger partial charge on any atom is 0.168 e. The van der Waals surface area contributed by atoms with Gasteiger partial charge in [-0.2, -0.15) is 0 Å². The summed E-state index contributed by atoms with van der Waals surface area (Å²) in [7, 11) is 3.17. The second kappa shape index (κ2) is 6.25. The zero-order valence-corrected chi connectivity index (χ0v) is 12.9. The summed E-state index contributed by atoms with van der Waals surface area (Å²) >= 11 is 5.88. The fourth-order valence-electron chi connectivity index (χ4n) is 3.14. The van der Waals surface area contributed by atoms with E-state index in [4.69, 9.17) is 21.1 Å². The number of ether oxygens (including phenoxy) is 2. The summed E-state index contributed by atoms with van der Waals surface area (Å²) in [6.45, 7) is 1.94. The van der Waals surface area contributed by atoms with Gasteiger partial charge >= 0.3 is 0 Å². The number of hydrogen-bond acceptors (Lipinski definition) is 3. The van der Waals surface area contributed by atoms with Crippen molar-refractivity contribution in [1.29, 1.82) is 0 Å². The van der Waals surface area contributed by atoms with Crippen LogP contribution in [0.3, 0.4) is 0 Å². The number of benzene rings is 1. The average Bonchev–Trinajstić information content (AvgIpc) is 2.72. The molecule has 4 heteroatoms. The van der Waals surface area contributed by atoms with E-state index < -0.39 is 11.7 Å². The van der Waals surface area contributed by atoms with Crippen LogP contribution in [0.4, 0.5) is 0 Å². The van der Waals surface area contributed by atoms with Crippen molar-refractivity contribution in [1.82, 2.24) is 0 Å². The highest BCUT2D eigenvalue weighted by molar-refractivity contribution is 6.30. The first-order chi connectivity index (χ1) is 9.51. The highest BCUT2D eigenvalue weighted by Crippen LogP contribution is 2.43. The second-order valence-corrected chi connectivity index (χ2v) is 6.09. The van der Waals surface area contributed by atoms with Crippen LogP contribution in [-0.2, 0) is 20.7 Å². The summed E-state index contributed by atoms with van der Waals surface area (Å²) in [6.07, 6.45) is 1.97. The first-order valence-corrected chi connectivity index (χ1v) is 7.23. The third-order valence-corrected chi connectivity index (χ3v) is 4.54.